The number of benzene rings is 1. The van der Waals surface area contributed by atoms with Gasteiger partial charge in [0.1, 0.15) is 6.07 Å². The average molecular weight is 280 g/mol. The number of hydrogen-bond donors (Lipinski definition) is 1. The maximum atomic E-state index is 9.09. The molecule has 1 saturated heterocycles. The van der Waals surface area contributed by atoms with Crippen molar-refractivity contribution in [3.8, 4) is 6.07 Å². The molecule has 16 heavy (non-hydrogen) atoms. The van der Waals surface area contributed by atoms with Gasteiger partial charge in [-0.15, -0.1) is 0 Å². The molecule has 0 aromatic heterocycles. The van der Waals surface area contributed by atoms with Crippen molar-refractivity contribution in [2.24, 2.45) is 0 Å². The van der Waals surface area contributed by atoms with Crippen molar-refractivity contribution in [3.63, 3.8) is 0 Å². The molecule has 1 aromatic carbocycles. The van der Waals surface area contributed by atoms with E-state index in [1.165, 1.54) is 0 Å². The average Bonchev–Trinajstić information content (AvgIpc) is 2.64. The van der Waals surface area contributed by atoms with Gasteiger partial charge in [0.15, 0.2) is 0 Å². The van der Waals surface area contributed by atoms with Crippen LogP contribution in [0.4, 0.5) is 5.69 Å². The fourth-order valence-corrected chi connectivity index (χ4v) is 2.49. The molecule has 1 heterocycles. The van der Waals surface area contributed by atoms with E-state index in [4.69, 9.17) is 5.26 Å². The topological polar surface area (TPSA) is 39.1 Å². The van der Waals surface area contributed by atoms with E-state index in [0.29, 0.717) is 11.6 Å². The number of nitrogens with one attached hydrogen (secondary N) is 1. The van der Waals surface area contributed by atoms with Crippen LogP contribution in [-0.4, -0.2) is 31.1 Å². The first-order valence-electron chi connectivity index (χ1n) is 5.34. The van der Waals surface area contributed by atoms with E-state index in [1.54, 1.807) is 0 Å². The summed E-state index contributed by atoms with van der Waals surface area (Å²) in [6.07, 6.45) is 1.13. The van der Waals surface area contributed by atoms with Crippen molar-refractivity contribution < 1.29 is 0 Å². The lowest BCUT2D eigenvalue weighted by molar-refractivity contribution is 0.414. The number of halogens is 1. The van der Waals surface area contributed by atoms with Gasteiger partial charge >= 0.3 is 0 Å². The number of nitrogens with zero attached hydrogens (tertiary/aromatic N) is 2. The van der Waals surface area contributed by atoms with E-state index in [-0.39, 0.29) is 0 Å². The Kier molecular flexibility index (Phi) is 3.47. The van der Waals surface area contributed by atoms with Crippen LogP contribution in [0.3, 0.4) is 0 Å². The number of nitriles is 1. The Bertz CT molecular complexity index is 425. The lowest BCUT2D eigenvalue weighted by Gasteiger charge is -2.15. The van der Waals surface area contributed by atoms with Crippen LogP contribution in [0.25, 0.3) is 0 Å². The second-order valence-corrected chi connectivity index (χ2v) is 5.02. The van der Waals surface area contributed by atoms with E-state index in [1.807, 2.05) is 18.2 Å². The van der Waals surface area contributed by atoms with Crippen LogP contribution in [0, 0.1) is 11.3 Å². The van der Waals surface area contributed by atoms with Gasteiger partial charge in [-0.1, -0.05) is 6.07 Å². The molecule has 2 rings (SSSR count). The van der Waals surface area contributed by atoms with E-state index in [0.717, 1.165) is 29.7 Å². The van der Waals surface area contributed by atoms with E-state index < -0.39 is 0 Å². The van der Waals surface area contributed by atoms with Crippen molar-refractivity contribution in [1.82, 2.24) is 4.90 Å². The molecule has 0 radical (unpaired) electrons. The Labute approximate surface area is 104 Å². The van der Waals surface area contributed by atoms with Gasteiger partial charge in [0, 0.05) is 17.1 Å². The van der Waals surface area contributed by atoms with Crippen molar-refractivity contribution in [2.75, 3.05) is 25.5 Å². The zero-order valence-electron chi connectivity index (χ0n) is 9.20. The van der Waals surface area contributed by atoms with Crippen LogP contribution in [0.15, 0.2) is 22.7 Å². The Morgan fingerprint density at radius 1 is 1.56 bits per heavy atom. The van der Waals surface area contributed by atoms with Gasteiger partial charge in [0.05, 0.1) is 11.3 Å². The zero-order chi connectivity index (χ0) is 11.5. The number of rotatable bonds is 2. The smallest absolute Gasteiger partial charge is 0.103 e. The molecule has 1 atom stereocenters. The summed E-state index contributed by atoms with van der Waals surface area (Å²) in [7, 11) is 2.12. The molecule has 0 aliphatic carbocycles. The molecule has 0 spiro atoms. The molecule has 3 nitrogen and oxygen atoms in total. The molecule has 1 unspecified atom stereocenters. The Hall–Kier alpha value is -1.05. The second-order valence-electron chi connectivity index (χ2n) is 4.17. The predicted molar refractivity (Wildman–Crippen MR) is 68.4 cm³/mol. The minimum absolute atomic E-state index is 0.450. The highest BCUT2D eigenvalue weighted by Crippen LogP contribution is 2.25. The van der Waals surface area contributed by atoms with Crippen molar-refractivity contribution in [1.29, 1.82) is 5.26 Å². The standard InChI is InChI=1S/C12H14BrN3/c1-16-6-5-9(8-16)15-12-4-2-3-11(13)10(12)7-14/h2-4,9,15H,5-6,8H2,1H3. The van der Waals surface area contributed by atoms with Crippen LogP contribution in [0.2, 0.25) is 0 Å². The highest BCUT2D eigenvalue weighted by Gasteiger charge is 2.20. The number of anilines is 1. The number of likely N-dealkylation sites (N-methyl/N-ethyl adjacent to an activating group) is 1. The normalized spacial score (nSPS) is 20.7. The molecule has 1 aromatic rings. The van der Waals surface area contributed by atoms with E-state index in [2.05, 4.69) is 39.3 Å². The Balaban J connectivity index is 2.16. The second kappa shape index (κ2) is 4.86. The minimum Gasteiger partial charge on any atom is -0.380 e. The molecule has 0 bridgehead atoms. The first kappa shape index (κ1) is 11.4. The molecule has 84 valence electrons. The van der Waals surface area contributed by atoms with Gasteiger partial charge in [-0.25, -0.2) is 0 Å². The Morgan fingerprint density at radius 2 is 2.38 bits per heavy atom. The summed E-state index contributed by atoms with van der Waals surface area (Å²) in [6.45, 7) is 2.16. The van der Waals surface area contributed by atoms with Gasteiger partial charge < -0.3 is 10.2 Å². The summed E-state index contributed by atoms with van der Waals surface area (Å²) in [5.74, 6) is 0. The molecule has 1 aliphatic rings. The lowest BCUT2D eigenvalue weighted by atomic mass is 10.1. The minimum atomic E-state index is 0.450. The predicted octanol–water partition coefficient (Wildman–Crippen LogP) is 2.44. The summed E-state index contributed by atoms with van der Waals surface area (Å²) in [4.78, 5) is 2.29. The highest BCUT2D eigenvalue weighted by molar-refractivity contribution is 9.10. The van der Waals surface area contributed by atoms with Crippen LogP contribution in [0.5, 0.6) is 0 Å². The molecule has 0 saturated carbocycles. The Morgan fingerprint density at radius 3 is 3.00 bits per heavy atom. The summed E-state index contributed by atoms with van der Waals surface area (Å²) >= 11 is 3.40. The number of hydrogen-bond acceptors (Lipinski definition) is 3. The monoisotopic (exact) mass is 279 g/mol. The molecule has 0 amide bonds. The maximum absolute atomic E-state index is 9.09. The van der Waals surface area contributed by atoms with Crippen molar-refractivity contribution >= 4 is 21.6 Å². The van der Waals surface area contributed by atoms with E-state index in [9.17, 15) is 0 Å². The molecule has 4 heteroatoms. The van der Waals surface area contributed by atoms with Crippen molar-refractivity contribution in [2.45, 2.75) is 12.5 Å². The fraction of sp³-hybridized carbons (Fsp3) is 0.417. The SMILES string of the molecule is CN1CCC(Nc2cccc(Br)c2C#N)C1. The fourth-order valence-electron chi connectivity index (χ4n) is 2.03. The number of likely N-dealkylation sites (tertiary alicyclic amines) is 1. The summed E-state index contributed by atoms with van der Waals surface area (Å²) in [6, 6.07) is 8.48. The van der Waals surface area contributed by atoms with Gasteiger partial charge in [0.25, 0.3) is 0 Å². The zero-order valence-corrected chi connectivity index (χ0v) is 10.8. The molecule has 1 fully saturated rings. The molecular formula is C12H14BrN3. The first-order valence-corrected chi connectivity index (χ1v) is 6.13. The molecule has 1 N–H and O–H groups in total. The maximum Gasteiger partial charge on any atom is 0.103 e. The first-order chi connectivity index (χ1) is 7.70. The third kappa shape index (κ3) is 2.37. The van der Waals surface area contributed by atoms with Gasteiger partial charge in [-0.3, -0.25) is 0 Å². The van der Waals surface area contributed by atoms with Crippen LogP contribution in [0.1, 0.15) is 12.0 Å². The van der Waals surface area contributed by atoms with Gasteiger partial charge in [-0.05, 0) is 48.1 Å². The van der Waals surface area contributed by atoms with Gasteiger partial charge in [0.2, 0.25) is 0 Å². The third-order valence-corrected chi connectivity index (χ3v) is 3.54. The largest absolute Gasteiger partial charge is 0.380 e. The van der Waals surface area contributed by atoms with Crippen LogP contribution < -0.4 is 5.32 Å². The third-order valence-electron chi connectivity index (χ3n) is 2.88. The molecular weight excluding hydrogens is 266 g/mol. The van der Waals surface area contributed by atoms with Crippen LogP contribution in [-0.2, 0) is 0 Å². The van der Waals surface area contributed by atoms with E-state index >= 15 is 0 Å². The van der Waals surface area contributed by atoms with Crippen LogP contribution >= 0.6 is 15.9 Å². The lowest BCUT2D eigenvalue weighted by Crippen LogP contribution is -2.23. The summed E-state index contributed by atoms with van der Waals surface area (Å²) < 4.78 is 0.853. The molecule has 1 aliphatic heterocycles. The summed E-state index contributed by atoms with van der Waals surface area (Å²) in [5.41, 5.74) is 1.62. The quantitative estimate of drug-likeness (QED) is 0.904. The van der Waals surface area contributed by atoms with Gasteiger partial charge in [-0.2, -0.15) is 5.26 Å². The highest BCUT2D eigenvalue weighted by atomic mass is 79.9. The summed E-state index contributed by atoms with van der Waals surface area (Å²) in [5, 5.41) is 12.5. The van der Waals surface area contributed by atoms with Crippen molar-refractivity contribution in [3.05, 3.63) is 28.2 Å².